The predicted molar refractivity (Wildman–Crippen MR) is 67.5 cm³/mol. The average molecular weight is 240 g/mol. The Morgan fingerprint density at radius 2 is 1.88 bits per heavy atom. The Bertz CT molecular complexity index is 290. The van der Waals surface area contributed by atoms with Crippen molar-refractivity contribution in [1.82, 2.24) is 10.2 Å². The van der Waals surface area contributed by atoms with Crippen LogP contribution in [0.2, 0.25) is 0 Å². The zero-order valence-electron chi connectivity index (χ0n) is 11.4. The van der Waals surface area contributed by atoms with Crippen LogP contribution in [0.3, 0.4) is 0 Å². The van der Waals surface area contributed by atoms with Crippen molar-refractivity contribution in [3.8, 4) is 0 Å². The minimum Gasteiger partial charge on any atom is -0.354 e. The van der Waals surface area contributed by atoms with Crippen molar-refractivity contribution in [2.24, 2.45) is 5.92 Å². The summed E-state index contributed by atoms with van der Waals surface area (Å²) in [5, 5.41) is 2.91. The number of hydrogen-bond acceptors (Lipinski definition) is 2. The minimum absolute atomic E-state index is 0.0513. The third-order valence-electron chi connectivity index (χ3n) is 3.30. The molecule has 1 N–H and O–H groups in total. The monoisotopic (exact) mass is 240 g/mol. The van der Waals surface area contributed by atoms with Crippen LogP contribution in [0, 0.1) is 5.92 Å². The van der Waals surface area contributed by atoms with E-state index in [1.807, 2.05) is 20.8 Å². The van der Waals surface area contributed by atoms with Crippen LogP contribution in [-0.4, -0.2) is 35.3 Å². The van der Waals surface area contributed by atoms with Crippen LogP contribution in [0.5, 0.6) is 0 Å². The summed E-state index contributed by atoms with van der Waals surface area (Å²) in [6, 6.07) is 0. The highest BCUT2D eigenvalue weighted by Crippen LogP contribution is 2.26. The lowest BCUT2D eigenvalue weighted by molar-refractivity contribution is -0.134. The quantitative estimate of drug-likeness (QED) is 0.810. The van der Waals surface area contributed by atoms with Crippen LogP contribution in [-0.2, 0) is 9.59 Å². The number of nitrogens with zero attached hydrogens (tertiary/aromatic N) is 1. The maximum Gasteiger partial charge on any atom is 0.223 e. The van der Waals surface area contributed by atoms with Crippen molar-refractivity contribution in [3.63, 3.8) is 0 Å². The molecule has 0 aromatic carbocycles. The van der Waals surface area contributed by atoms with E-state index in [1.165, 1.54) is 6.42 Å². The molecule has 0 bridgehead atoms. The van der Waals surface area contributed by atoms with Crippen LogP contribution in [0.15, 0.2) is 0 Å². The Hall–Kier alpha value is -1.06. The SMILES string of the molecule is CC(=O)N(CCNC(=O)C1CCC1)C(C)(C)C. The molecule has 0 unspecified atom stereocenters. The second-order valence-corrected chi connectivity index (χ2v) is 5.76. The first-order valence-electron chi connectivity index (χ1n) is 6.38. The molecular weight excluding hydrogens is 216 g/mol. The van der Waals surface area contributed by atoms with E-state index in [4.69, 9.17) is 0 Å². The summed E-state index contributed by atoms with van der Waals surface area (Å²) < 4.78 is 0. The third-order valence-corrected chi connectivity index (χ3v) is 3.30. The van der Waals surface area contributed by atoms with Gasteiger partial charge < -0.3 is 10.2 Å². The van der Waals surface area contributed by atoms with Gasteiger partial charge in [0.15, 0.2) is 0 Å². The van der Waals surface area contributed by atoms with Crippen LogP contribution in [0.4, 0.5) is 0 Å². The minimum atomic E-state index is -0.187. The van der Waals surface area contributed by atoms with Crippen molar-refractivity contribution in [2.75, 3.05) is 13.1 Å². The average Bonchev–Trinajstić information content (AvgIpc) is 2.06. The van der Waals surface area contributed by atoms with E-state index in [0.717, 1.165) is 12.8 Å². The first kappa shape index (κ1) is 14.0. The Kier molecular flexibility index (Phi) is 4.54. The number of nitrogens with one attached hydrogen (secondary N) is 1. The second-order valence-electron chi connectivity index (χ2n) is 5.76. The molecule has 17 heavy (non-hydrogen) atoms. The highest BCUT2D eigenvalue weighted by atomic mass is 16.2. The van der Waals surface area contributed by atoms with Gasteiger partial charge in [0.25, 0.3) is 0 Å². The van der Waals surface area contributed by atoms with Gasteiger partial charge in [-0.2, -0.15) is 0 Å². The molecule has 1 saturated carbocycles. The van der Waals surface area contributed by atoms with Gasteiger partial charge >= 0.3 is 0 Å². The highest BCUT2D eigenvalue weighted by Gasteiger charge is 2.26. The van der Waals surface area contributed by atoms with Crippen LogP contribution >= 0.6 is 0 Å². The van der Waals surface area contributed by atoms with E-state index in [2.05, 4.69) is 5.32 Å². The molecule has 1 aliphatic carbocycles. The summed E-state index contributed by atoms with van der Waals surface area (Å²) in [6.07, 6.45) is 3.20. The number of amides is 2. The van der Waals surface area contributed by atoms with Crippen LogP contribution < -0.4 is 5.32 Å². The lowest BCUT2D eigenvalue weighted by Crippen LogP contribution is -2.48. The summed E-state index contributed by atoms with van der Waals surface area (Å²) in [5.74, 6) is 0.416. The Morgan fingerprint density at radius 3 is 2.24 bits per heavy atom. The van der Waals surface area contributed by atoms with Crippen molar-refractivity contribution in [2.45, 2.75) is 52.5 Å². The van der Waals surface area contributed by atoms with Crippen molar-refractivity contribution >= 4 is 11.8 Å². The lowest BCUT2D eigenvalue weighted by atomic mass is 9.85. The Morgan fingerprint density at radius 1 is 1.29 bits per heavy atom. The van der Waals surface area contributed by atoms with Crippen molar-refractivity contribution in [3.05, 3.63) is 0 Å². The second kappa shape index (κ2) is 5.52. The van der Waals surface area contributed by atoms with Gasteiger partial charge in [-0.3, -0.25) is 9.59 Å². The molecule has 98 valence electrons. The van der Waals surface area contributed by atoms with Gasteiger partial charge in [0.2, 0.25) is 11.8 Å². The molecule has 0 heterocycles. The number of rotatable bonds is 4. The fraction of sp³-hybridized carbons (Fsp3) is 0.846. The maximum atomic E-state index is 11.6. The zero-order valence-corrected chi connectivity index (χ0v) is 11.4. The summed E-state index contributed by atoms with van der Waals surface area (Å²) in [6.45, 7) is 8.70. The topological polar surface area (TPSA) is 49.4 Å². The molecule has 0 aliphatic heterocycles. The molecule has 2 amide bonds. The van der Waals surface area contributed by atoms with E-state index in [0.29, 0.717) is 13.1 Å². The molecule has 0 radical (unpaired) electrons. The van der Waals surface area contributed by atoms with E-state index in [9.17, 15) is 9.59 Å². The van der Waals surface area contributed by atoms with E-state index in [1.54, 1.807) is 11.8 Å². The number of carbonyl (C=O) groups excluding carboxylic acids is 2. The normalized spacial score (nSPS) is 16.2. The fourth-order valence-electron chi connectivity index (χ4n) is 2.07. The lowest BCUT2D eigenvalue weighted by Gasteiger charge is -2.35. The molecule has 1 fully saturated rings. The number of hydrogen-bond donors (Lipinski definition) is 1. The third kappa shape index (κ3) is 4.02. The standard InChI is InChI=1S/C13H24N2O2/c1-10(16)15(13(2,3)4)9-8-14-12(17)11-6-5-7-11/h11H,5-9H2,1-4H3,(H,14,17). The molecule has 0 aromatic rings. The zero-order chi connectivity index (χ0) is 13.1. The molecular formula is C13H24N2O2. The molecule has 0 spiro atoms. The molecule has 1 aliphatic rings. The molecule has 0 saturated heterocycles. The Balaban J connectivity index is 2.32. The highest BCUT2D eigenvalue weighted by molar-refractivity contribution is 5.79. The van der Waals surface area contributed by atoms with Gasteiger partial charge in [-0.15, -0.1) is 0 Å². The fourth-order valence-corrected chi connectivity index (χ4v) is 2.07. The number of carbonyl (C=O) groups is 2. The molecule has 0 atom stereocenters. The predicted octanol–water partition coefficient (Wildman–Crippen LogP) is 1.55. The van der Waals surface area contributed by atoms with Crippen LogP contribution in [0.25, 0.3) is 0 Å². The summed E-state index contributed by atoms with van der Waals surface area (Å²) in [5.41, 5.74) is -0.187. The van der Waals surface area contributed by atoms with Crippen molar-refractivity contribution in [1.29, 1.82) is 0 Å². The summed E-state index contributed by atoms with van der Waals surface area (Å²) in [4.78, 5) is 24.9. The van der Waals surface area contributed by atoms with Gasteiger partial charge in [-0.25, -0.2) is 0 Å². The van der Waals surface area contributed by atoms with E-state index >= 15 is 0 Å². The first-order valence-corrected chi connectivity index (χ1v) is 6.38. The Labute approximate surface area is 104 Å². The molecule has 0 aromatic heterocycles. The van der Waals surface area contributed by atoms with E-state index < -0.39 is 0 Å². The molecule has 1 rings (SSSR count). The van der Waals surface area contributed by atoms with Gasteiger partial charge in [0.1, 0.15) is 0 Å². The van der Waals surface area contributed by atoms with Gasteiger partial charge in [-0.1, -0.05) is 6.42 Å². The molecule has 4 heteroatoms. The van der Waals surface area contributed by atoms with Gasteiger partial charge in [-0.05, 0) is 33.6 Å². The summed E-state index contributed by atoms with van der Waals surface area (Å²) in [7, 11) is 0. The van der Waals surface area contributed by atoms with Gasteiger partial charge in [0, 0.05) is 31.5 Å². The maximum absolute atomic E-state index is 11.6. The van der Waals surface area contributed by atoms with Gasteiger partial charge in [0.05, 0.1) is 0 Å². The summed E-state index contributed by atoms with van der Waals surface area (Å²) >= 11 is 0. The smallest absolute Gasteiger partial charge is 0.223 e. The largest absolute Gasteiger partial charge is 0.354 e. The molecule has 4 nitrogen and oxygen atoms in total. The first-order chi connectivity index (χ1) is 7.82. The van der Waals surface area contributed by atoms with Crippen molar-refractivity contribution < 1.29 is 9.59 Å². The van der Waals surface area contributed by atoms with E-state index in [-0.39, 0.29) is 23.3 Å². The van der Waals surface area contributed by atoms with Crippen LogP contribution in [0.1, 0.15) is 47.0 Å².